The van der Waals surface area contributed by atoms with E-state index in [0.717, 1.165) is 27.8 Å². The van der Waals surface area contributed by atoms with Crippen LogP contribution < -0.4 is 5.32 Å². The molecule has 1 atom stereocenters. The van der Waals surface area contributed by atoms with E-state index in [1.54, 1.807) is 0 Å². The maximum atomic E-state index is 6.19. The van der Waals surface area contributed by atoms with Crippen LogP contribution >= 0.6 is 23.4 Å². The number of benzene rings is 2. The molecule has 3 heteroatoms. The van der Waals surface area contributed by atoms with Crippen molar-refractivity contribution < 1.29 is 0 Å². The quantitative estimate of drug-likeness (QED) is 0.830. The number of aryl methyl sites for hydroxylation is 1. The van der Waals surface area contributed by atoms with Crippen molar-refractivity contribution in [2.75, 3.05) is 11.1 Å². The van der Waals surface area contributed by atoms with E-state index in [-0.39, 0.29) is 0 Å². The number of halogens is 1. The molecule has 0 saturated heterocycles. The highest BCUT2D eigenvalue weighted by Crippen LogP contribution is 2.34. The number of nitrogens with one attached hydrogen (secondary N) is 1. The molecule has 0 aromatic heterocycles. The van der Waals surface area contributed by atoms with Crippen LogP contribution in [0, 0.1) is 6.92 Å². The standard InChI is InChI=1S/C16H16ClNS/c1-11-6-7-13(8-15(11)17)18-16-10-19-9-12-4-2-3-5-14(12)16/h2-8,16,18H,9-10H2,1H3. The zero-order valence-electron chi connectivity index (χ0n) is 10.8. The number of rotatable bonds is 2. The van der Waals surface area contributed by atoms with Gasteiger partial charge in [-0.3, -0.25) is 0 Å². The summed E-state index contributed by atoms with van der Waals surface area (Å²) in [7, 11) is 0. The minimum Gasteiger partial charge on any atom is -0.377 e. The summed E-state index contributed by atoms with van der Waals surface area (Å²) in [6, 6.07) is 15.2. The Bertz CT molecular complexity index is 597. The van der Waals surface area contributed by atoms with Crippen LogP contribution in [0.15, 0.2) is 42.5 Å². The first-order valence-electron chi connectivity index (χ1n) is 6.42. The zero-order chi connectivity index (χ0) is 13.2. The van der Waals surface area contributed by atoms with Crippen molar-refractivity contribution in [1.29, 1.82) is 0 Å². The Morgan fingerprint density at radius 3 is 2.89 bits per heavy atom. The lowest BCUT2D eigenvalue weighted by molar-refractivity contribution is 0.871. The molecule has 0 bridgehead atoms. The van der Waals surface area contributed by atoms with Gasteiger partial charge in [0.1, 0.15) is 0 Å². The van der Waals surface area contributed by atoms with E-state index in [1.165, 1.54) is 11.1 Å². The molecular weight excluding hydrogens is 274 g/mol. The minimum absolute atomic E-state index is 0.369. The molecule has 1 aliphatic heterocycles. The third kappa shape index (κ3) is 2.75. The molecule has 0 spiro atoms. The summed E-state index contributed by atoms with van der Waals surface area (Å²) >= 11 is 8.16. The summed E-state index contributed by atoms with van der Waals surface area (Å²) in [6.45, 7) is 2.03. The second kappa shape index (κ2) is 5.48. The Morgan fingerprint density at radius 1 is 1.21 bits per heavy atom. The molecule has 2 aromatic rings. The van der Waals surface area contributed by atoms with Gasteiger partial charge in [0, 0.05) is 22.2 Å². The zero-order valence-corrected chi connectivity index (χ0v) is 12.4. The largest absolute Gasteiger partial charge is 0.377 e. The molecule has 0 fully saturated rings. The molecule has 19 heavy (non-hydrogen) atoms. The van der Waals surface area contributed by atoms with Gasteiger partial charge in [0.05, 0.1) is 6.04 Å². The highest BCUT2D eigenvalue weighted by Gasteiger charge is 2.19. The van der Waals surface area contributed by atoms with Crippen molar-refractivity contribution in [3.8, 4) is 0 Å². The Hall–Kier alpha value is -1.12. The van der Waals surface area contributed by atoms with Gasteiger partial charge in [0.25, 0.3) is 0 Å². The molecule has 1 heterocycles. The summed E-state index contributed by atoms with van der Waals surface area (Å²) in [5.74, 6) is 2.21. The first-order chi connectivity index (χ1) is 9.24. The molecule has 0 aliphatic carbocycles. The molecule has 1 nitrogen and oxygen atoms in total. The molecule has 1 aliphatic rings. The van der Waals surface area contributed by atoms with Gasteiger partial charge in [-0.1, -0.05) is 41.9 Å². The lowest BCUT2D eigenvalue weighted by atomic mass is 10.0. The SMILES string of the molecule is Cc1ccc(NC2CSCc3ccccc32)cc1Cl. The lowest BCUT2D eigenvalue weighted by Gasteiger charge is -2.27. The van der Waals surface area contributed by atoms with Gasteiger partial charge >= 0.3 is 0 Å². The van der Waals surface area contributed by atoms with Crippen molar-refractivity contribution in [2.45, 2.75) is 18.7 Å². The Kier molecular flexibility index (Phi) is 3.72. The maximum Gasteiger partial charge on any atom is 0.0607 e. The normalized spacial score (nSPS) is 17.9. The van der Waals surface area contributed by atoms with Gasteiger partial charge in [-0.15, -0.1) is 0 Å². The van der Waals surface area contributed by atoms with E-state index < -0.39 is 0 Å². The van der Waals surface area contributed by atoms with Crippen LogP contribution in [0.1, 0.15) is 22.7 Å². The third-order valence-corrected chi connectivity index (χ3v) is 4.98. The minimum atomic E-state index is 0.369. The average Bonchev–Trinajstić information content (AvgIpc) is 2.43. The topological polar surface area (TPSA) is 12.0 Å². The second-order valence-electron chi connectivity index (χ2n) is 4.87. The molecule has 1 N–H and O–H groups in total. The van der Waals surface area contributed by atoms with Gasteiger partial charge in [0.2, 0.25) is 0 Å². The highest BCUT2D eigenvalue weighted by atomic mass is 35.5. The molecule has 0 radical (unpaired) electrons. The Labute approximate surface area is 123 Å². The van der Waals surface area contributed by atoms with E-state index >= 15 is 0 Å². The summed E-state index contributed by atoms with van der Waals surface area (Å²) in [4.78, 5) is 0. The molecule has 98 valence electrons. The van der Waals surface area contributed by atoms with Crippen LogP contribution in [0.4, 0.5) is 5.69 Å². The van der Waals surface area contributed by atoms with Crippen LogP contribution in [0.2, 0.25) is 5.02 Å². The molecule has 0 saturated carbocycles. The fourth-order valence-corrected chi connectivity index (χ4v) is 3.67. The first kappa shape index (κ1) is 12.9. The number of thioether (sulfide) groups is 1. The predicted molar refractivity (Wildman–Crippen MR) is 85.2 cm³/mol. The average molecular weight is 290 g/mol. The van der Waals surface area contributed by atoms with Gasteiger partial charge in [-0.2, -0.15) is 11.8 Å². The fourth-order valence-electron chi connectivity index (χ4n) is 2.39. The number of fused-ring (bicyclic) bond motifs is 1. The first-order valence-corrected chi connectivity index (χ1v) is 7.95. The van der Waals surface area contributed by atoms with Crippen LogP contribution in [0.3, 0.4) is 0 Å². The van der Waals surface area contributed by atoms with Crippen LogP contribution in [0.25, 0.3) is 0 Å². The molecule has 0 amide bonds. The van der Waals surface area contributed by atoms with Crippen LogP contribution in [-0.2, 0) is 5.75 Å². The number of anilines is 1. The van der Waals surface area contributed by atoms with Crippen molar-refractivity contribution in [3.05, 3.63) is 64.2 Å². The van der Waals surface area contributed by atoms with Gasteiger partial charge < -0.3 is 5.32 Å². The van der Waals surface area contributed by atoms with Crippen molar-refractivity contribution in [1.82, 2.24) is 0 Å². The predicted octanol–water partition coefficient (Wildman–Crippen LogP) is 5.05. The summed E-state index contributed by atoms with van der Waals surface area (Å²) in [5, 5.41) is 4.42. The summed E-state index contributed by atoms with van der Waals surface area (Å²) < 4.78 is 0. The number of hydrogen-bond acceptors (Lipinski definition) is 2. The van der Waals surface area contributed by atoms with E-state index in [9.17, 15) is 0 Å². The maximum absolute atomic E-state index is 6.19. The highest BCUT2D eigenvalue weighted by molar-refractivity contribution is 7.98. The van der Waals surface area contributed by atoms with Crippen molar-refractivity contribution in [3.63, 3.8) is 0 Å². The molecule has 1 unspecified atom stereocenters. The molecular formula is C16H16ClNS. The van der Waals surface area contributed by atoms with E-state index in [2.05, 4.69) is 41.7 Å². The van der Waals surface area contributed by atoms with Gasteiger partial charge in [-0.05, 0) is 35.7 Å². The Morgan fingerprint density at radius 2 is 2.05 bits per heavy atom. The van der Waals surface area contributed by atoms with Crippen molar-refractivity contribution in [2.24, 2.45) is 0 Å². The van der Waals surface area contributed by atoms with Crippen molar-refractivity contribution >= 4 is 29.1 Å². The fraction of sp³-hybridized carbons (Fsp3) is 0.250. The van der Waals surface area contributed by atoms with Gasteiger partial charge in [-0.25, -0.2) is 0 Å². The lowest BCUT2D eigenvalue weighted by Crippen LogP contribution is -2.18. The van der Waals surface area contributed by atoms with Gasteiger partial charge in [0.15, 0.2) is 0 Å². The van der Waals surface area contributed by atoms with Crippen LogP contribution in [0.5, 0.6) is 0 Å². The smallest absolute Gasteiger partial charge is 0.0607 e. The number of hydrogen-bond donors (Lipinski definition) is 1. The summed E-state index contributed by atoms with van der Waals surface area (Å²) in [5.41, 5.74) is 5.07. The Balaban J connectivity index is 1.86. The summed E-state index contributed by atoms with van der Waals surface area (Å²) in [6.07, 6.45) is 0. The second-order valence-corrected chi connectivity index (χ2v) is 6.31. The van der Waals surface area contributed by atoms with E-state index in [4.69, 9.17) is 11.6 Å². The monoisotopic (exact) mass is 289 g/mol. The molecule has 3 rings (SSSR count). The van der Waals surface area contributed by atoms with E-state index in [0.29, 0.717) is 6.04 Å². The van der Waals surface area contributed by atoms with E-state index in [1.807, 2.05) is 24.8 Å². The third-order valence-electron chi connectivity index (χ3n) is 3.49. The van der Waals surface area contributed by atoms with Crippen LogP contribution in [-0.4, -0.2) is 5.75 Å². The molecule has 2 aromatic carbocycles.